The fraction of sp³-hybridized carbons (Fsp3) is 0.200. The zero-order valence-corrected chi connectivity index (χ0v) is 12.1. The first-order valence-electron chi connectivity index (χ1n) is 6.31. The summed E-state index contributed by atoms with van der Waals surface area (Å²) in [7, 11) is 0. The summed E-state index contributed by atoms with van der Waals surface area (Å²) in [6.45, 7) is 2.62. The van der Waals surface area contributed by atoms with Gasteiger partial charge in [-0.1, -0.05) is 18.2 Å². The zero-order chi connectivity index (χ0) is 13.1. The van der Waals surface area contributed by atoms with E-state index in [4.69, 9.17) is 4.42 Å². The number of hydrogen-bond donors (Lipinski definition) is 1. The van der Waals surface area contributed by atoms with Crippen LogP contribution >= 0.6 is 15.9 Å². The third kappa shape index (κ3) is 2.74. The molecule has 0 fully saturated rings. The normalized spacial score (nSPS) is 11.2. The number of rotatable bonds is 5. The number of halogens is 1. The van der Waals surface area contributed by atoms with Crippen molar-refractivity contribution >= 4 is 26.8 Å². The van der Waals surface area contributed by atoms with E-state index in [0.717, 1.165) is 29.9 Å². The first-order valence-corrected chi connectivity index (χ1v) is 7.10. The third-order valence-corrected chi connectivity index (χ3v) is 3.78. The smallest absolute Gasteiger partial charge is 0.117 e. The fourth-order valence-corrected chi connectivity index (χ4v) is 2.79. The topological polar surface area (TPSA) is 30.1 Å². The third-order valence-electron chi connectivity index (χ3n) is 3.15. The second-order valence-corrected chi connectivity index (χ2v) is 5.30. The second-order valence-electron chi connectivity index (χ2n) is 4.44. The van der Waals surface area contributed by atoms with Crippen molar-refractivity contribution in [2.45, 2.75) is 13.1 Å². The molecule has 3 aromatic rings. The van der Waals surface area contributed by atoms with Gasteiger partial charge < -0.3 is 14.3 Å². The number of nitrogens with zero attached hydrogens (tertiary/aromatic N) is 1. The van der Waals surface area contributed by atoms with Crippen molar-refractivity contribution in [1.29, 1.82) is 0 Å². The predicted octanol–water partition coefficient (Wildman–Crippen LogP) is 3.79. The van der Waals surface area contributed by atoms with Crippen molar-refractivity contribution in [2.24, 2.45) is 0 Å². The molecule has 19 heavy (non-hydrogen) atoms. The van der Waals surface area contributed by atoms with Gasteiger partial charge in [0.1, 0.15) is 5.76 Å². The monoisotopic (exact) mass is 318 g/mol. The standard InChI is InChI=1S/C15H15BrN2O/c16-14-11-18(15-6-2-1-5-13(14)15)8-7-17-10-12-4-3-9-19-12/h1-6,9,11,17H,7-8,10H2. The van der Waals surface area contributed by atoms with Gasteiger partial charge in [-0.2, -0.15) is 0 Å². The molecule has 3 rings (SSSR count). The summed E-state index contributed by atoms with van der Waals surface area (Å²) in [5.74, 6) is 0.971. The van der Waals surface area contributed by atoms with Crippen molar-refractivity contribution in [1.82, 2.24) is 9.88 Å². The first kappa shape index (κ1) is 12.5. The number of aromatic nitrogens is 1. The number of hydrogen-bond acceptors (Lipinski definition) is 2. The molecule has 3 nitrogen and oxygen atoms in total. The highest BCUT2D eigenvalue weighted by molar-refractivity contribution is 9.10. The summed E-state index contributed by atoms with van der Waals surface area (Å²) < 4.78 is 8.69. The largest absolute Gasteiger partial charge is 0.468 e. The number of nitrogens with one attached hydrogen (secondary N) is 1. The van der Waals surface area contributed by atoms with E-state index >= 15 is 0 Å². The number of benzene rings is 1. The van der Waals surface area contributed by atoms with Crippen LogP contribution in [0.25, 0.3) is 10.9 Å². The lowest BCUT2D eigenvalue weighted by Gasteiger charge is -2.06. The number of fused-ring (bicyclic) bond motifs is 1. The van der Waals surface area contributed by atoms with Crippen molar-refractivity contribution in [2.75, 3.05) is 6.54 Å². The Morgan fingerprint density at radius 1 is 1.16 bits per heavy atom. The van der Waals surface area contributed by atoms with Gasteiger partial charge in [-0.15, -0.1) is 0 Å². The zero-order valence-electron chi connectivity index (χ0n) is 10.5. The Hall–Kier alpha value is -1.52. The van der Waals surface area contributed by atoms with E-state index in [1.807, 2.05) is 12.1 Å². The summed E-state index contributed by atoms with van der Waals surface area (Å²) in [5, 5.41) is 4.64. The molecule has 0 radical (unpaired) electrons. The SMILES string of the molecule is Brc1cn(CCNCc2ccco2)c2ccccc12. The summed E-state index contributed by atoms with van der Waals surface area (Å²) in [4.78, 5) is 0. The van der Waals surface area contributed by atoms with Crippen molar-refractivity contribution in [3.05, 3.63) is 59.1 Å². The molecule has 0 amide bonds. The highest BCUT2D eigenvalue weighted by Gasteiger charge is 2.05. The van der Waals surface area contributed by atoms with Crippen LogP contribution in [0.15, 0.2) is 57.7 Å². The molecule has 0 aliphatic heterocycles. The molecule has 0 aliphatic rings. The van der Waals surface area contributed by atoms with Crippen LogP contribution < -0.4 is 5.32 Å². The number of para-hydroxylation sites is 1. The molecular weight excluding hydrogens is 304 g/mol. The van der Waals surface area contributed by atoms with Gasteiger partial charge in [-0.3, -0.25) is 0 Å². The fourth-order valence-electron chi connectivity index (χ4n) is 2.21. The molecule has 2 aromatic heterocycles. The summed E-state index contributed by atoms with van der Waals surface area (Å²) in [5.41, 5.74) is 1.26. The van der Waals surface area contributed by atoms with Crippen LogP contribution in [0.1, 0.15) is 5.76 Å². The Morgan fingerprint density at radius 3 is 2.89 bits per heavy atom. The van der Waals surface area contributed by atoms with Crippen LogP contribution in [0.4, 0.5) is 0 Å². The van der Waals surface area contributed by atoms with Crippen molar-refractivity contribution < 1.29 is 4.42 Å². The maximum absolute atomic E-state index is 5.28. The van der Waals surface area contributed by atoms with Crippen LogP contribution in [0, 0.1) is 0 Å². The maximum atomic E-state index is 5.28. The quantitative estimate of drug-likeness (QED) is 0.725. The van der Waals surface area contributed by atoms with Crippen LogP contribution in [0.2, 0.25) is 0 Å². The second kappa shape index (κ2) is 5.63. The van der Waals surface area contributed by atoms with Crippen molar-refractivity contribution in [3.8, 4) is 0 Å². The molecule has 2 heterocycles. The van der Waals surface area contributed by atoms with E-state index in [1.54, 1.807) is 6.26 Å². The van der Waals surface area contributed by atoms with Gasteiger partial charge in [0.2, 0.25) is 0 Å². The molecule has 0 saturated heterocycles. The lowest BCUT2D eigenvalue weighted by atomic mass is 10.2. The minimum Gasteiger partial charge on any atom is -0.468 e. The van der Waals surface area contributed by atoms with E-state index < -0.39 is 0 Å². The average molecular weight is 319 g/mol. The molecule has 0 aliphatic carbocycles. The summed E-state index contributed by atoms with van der Waals surface area (Å²) >= 11 is 3.60. The summed E-state index contributed by atoms with van der Waals surface area (Å²) in [6, 6.07) is 12.3. The van der Waals surface area contributed by atoms with Gasteiger partial charge in [0.15, 0.2) is 0 Å². The Morgan fingerprint density at radius 2 is 2.05 bits per heavy atom. The van der Waals surface area contributed by atoms with Crippen molar-refractivity contribution in [3.63, 3.8) is 0 Å². The minimum atomic E-state index is 0.771. The Balaban J connectivity index is 1.62. The lowest BCUT2D eigenvalue weighted by molar-refractivity contribution is 0.477. The van der Waals surface area contributed by atoms with Gasteiger partial charge in [0, 0.05) is 34.7 Å². The molecular formula is C15H15BrN2O. The molecule has 98 valence electrons. The molecule has 0 saturated carbocycles. The van der Waals surface area contributed by atoms with E-state index in [2.05, 4.69) is 56.3 Å². The van der Waals surface area contributed by atoms with Crippen LogP contribution in [0.3, 0.4) is 0 Å². The van der Waals surface area contributed by atoms with Gasteiger partial charge in [0.25, 0.3) is 0 Å². The van der Waals surface area contributed by atoms with E-state index in [1.165, 1.54) is 10.9 Å². The molecule has 1 aromatic carbocycles. The molecule has 4 heteroatoms. The van der Waals surface area contributed by atoms with Crippen LogP contribution in [-0.2, 0) is 13.1 Å². The van der Waals surface area contributed by atoms with E-state index in [9.17, 15) is 0 Å². The minimum absolute atomic E-state index is 0.771. The van der Waals surface area contributed by atoms with Crippen LogP contribution in [0.5, 0.6) is 0 Å². The molecule has 1 N–H and O–H groups in total. The molecule has 0 atom stereocenters. The average Bonchev–Trinajstić information content (AvgIpc) is 3.04. The van der Waals surface area contributed by atoms with Gasteiger partial charge >= 0.3 is 0 Å². The Labute approximate surface area is 120 Å². The lowest BCUT2D eigenvalue weighted by Crippen LogP contribution is -2.18. The van der Waals surface area contributed by atoms with Gasteiger partial charge in [-0.25, -0.2) is 0 Å². The van der Waals surface area contributed by atoms with E-state index in [0.29, 0.717) is 0 Å². The number of furan rings is 1. The van der Waals surface area contributed by atoms with Gasteiger partial charge in [0.05, 0.1) is 12.8 Å². The first-order chi connectivity index (χ1) is 9.34. The predicted molar refractivity (Wildman–Crippen MR) is 80.1 cm³/mol. The van der Waals surface area contributed by atoms with Gasteiger partial charge in [-0.05, 0) is 34.1 Å². The highest BCUT2D eigenvalue weighted by Crippen LogP contribution is 2.25. The van der Waals surface area contributed by atoms with Crippen LogP contribution in [-0.4, -0.2) is 11.1 Å². The maximum Gasteiger partial charge on any atom is 0.117 e. The van der Waals surface area contributed by atoms with E-state index in [-0.39, 0.29) is 0 Å². The highest BCUT2D eigenvalue weighted by atomic mass is 79.9. The molecule has 0 spiro atoms. The molecule has 0 unspecified atom stereocenters. The Bertz CT molecular complexity index is 658. The Kier molecular flexibility index (Phi) is 3.71. The summed E-state index contributed by atoms with van der Waals surface area (Å²) in [6.07, 6.45) is 3.84. The molecule has 0 bridgehead atoms.